The number of thiophene rings is 1. The molecule has 0 fully saturated rings. The highest BCUT2D eigenvalue weighted by atomic mass is 32.1. The molecule has 0 spiro atoms. The molecule has 1 nitrogen and oxygen atoms in total. The first-order chi connectivity index (χ1) is 9.36. The molecule has 1 aromatic heterocycles. The molecular formula is C17H23NS. The summed E-state index contributed by atoms with van der Waals surface area (Å²) in [6.45, 7) is 7.12. The van der Waals surface area contributed by atoms with Gasteiger partial charge in [-0.05, 0) is 54.6 Å². The first kappa shape index (κ1) is 14.3. The summed E-state index contributed by atoms with van der Waals surface area (Å²) in [6, 6.07) is 9.20. The highest BCUT2D eigenvalue weighted by molar-refractivity contribution is 7.17. The zero-order valence-electron chi connectivity index (χ0n) is 11.7. The summed E-state index contributed by atoms with van der Waals surface area (Å²) < 4.78 is 1.39. The van der Waals surface area contributed by atoms with E-state index in [-0.39, 0.29) is 0 Å². The van der Waals surface area contributed by atoms with Gasteiger partial charge in [-0.25, -0.2) is 0 Å². The van der Waals surface area contributed by atoms with Crippen LogP contribution in [0.25, 0.3) is 10.1 Å². The lowest BCUT2D eigenvalue weighted by Crippen LogP contribution is -2.21. The SMILES string of the molecule is C=CCCCC(NCCC)c1csc2ccccc12. The molecule has 1 aromatic carbocycles. The van der Waals surface area contributed by atoms with E-state index in [4.69, 9.17) is 0 Å². The molecule has 0 aliphatic carbocycles. The van der Waals surface area contributed by atoms with Crippen LogP contribution in [0.2, 0.25) is 0 Å². The van der Waals surface area contributed by atoms with Gasteiger partial charge in [0.2, 0.25) is 0 Å². The number of allylic oxidation sites excluding steroid dienone is 1. The number of nitrogens with one attached hydrogen (secondary N) is 1. The molecule has 2 heteroatoms. The van der Waals surface area contributed by atoms with E-state index in [1.54, 1.807) is 0 Å². The van der Waals surface area contributed by atoms with Gasteiger partial charge in [0.25, 0.3) is 0 Å². The van der Waals surface area contributed by atoms with Gasteiger partial charge >= 0.3 is 0 Å². The van der Waals surface area contributed by atoms with Crippen LogP contribution >= 0.6 is 11.3 Å². The van der Waals surface area contributed by atoms with Gasteiger partial charge in [-0.3, -0.25) is 0 Å². The largest absolute Gasteiger partial charge is 0.310 e. The molecule has 102 valence electrons. The molecule has 0 amide bonds. The lowest BCUT2D eigenvalue weighted by molar-refractivity contribution is 0.490. The molecule has 1 atom stereocenters. The number of hydrogen-bond donors (Lipinski definition) is 1. The molecule has 2 rings (SSSR count). The molecule has 1 N–H and O–H groups in total. The van der Waals surface area contributed by atoms with E-state index in [2.05, 4.69) is 48.5 Å². The molecule has 0 bridgehead atoms. The summed E-state index contributed by atoms with van der Waals surface area (Å²) >= 11 is 1.85. The maximum Gasteiger partial charge on any atom is 0.0346 e. The number of hydrogen-bond acceptors (Lipinski definition) is 2. The van der Waals surface area contributed by atoms with Crippen molar-refractivity contribution in [1.82, 2.24) is 5.32 Å². The van der Waals surface area contributed by atoms with E-state index < -0.39 is 0 Å². The lowest BCUT2D eigenvalue weighted by atomic mass is 10.00. The Bertz CT molecular complexity index is 515. The maximum absolute atomic E-state index is 3.81. The molecule has 2 aromatic rings. The summed E-state index contributed by atoms with van der Waals surface area (Å²) in [6.07, 6.45) is 6.69. The Morgan fingerprint density at radius 3 is 3.00 bits per heavy atom. The third kappa shape index (κ3) is 3.68. The Balaban J connectivity index is 2.18. The minimum absolute atomic E-state index is 0.482. The van der Waals surface area contributed by atoms with E-state index >= 15 is 0 Å². The van der Waals surface area contributed by atoms with Crippen LogP contribution in [0.5, 0.6) is 0 Å². The lowest BCUT2D eigenvalue weighted by Gasteiger charge is -2.18. The molecule has 0 saturated heterocycles. The standard InChI is InChI=1S/C17H23NS/c1-3-5-6-10-16(18-12-4-2)15-13-19-17-11-8-7-9-14(15)17/h3,7-9,11,13,16,18H,1,4-6,10,12H2,2H3. The van der Waals surface area contributed by atoms with E-state index in [1.807, 2.05) is 17.4 Å². The van der Waals surface area contributed by atoms with Crippen LogP contribution in [0.1, 0.15) is 44.2 Å². The maximum atomic E-state index is 3.81. The van der Waals surface area contributed by atoms with Crippen molar-refractivity contribution in [2.75, 3.05) is 6.54 Å². The van der Waals surface area contributed by atoms with Crippen molar-refractivity contribution in [2.45, 2.75) is 38.6 Å². The van der Waals surface area contributed by atoms with Crippen LogP contribution in [-0.2, 0) is 0 Å². The fourth-order valence-corrected chi connectivity index (χ4v) is 3.44. The van der Waals surface area contributed by atoms with Gasteiger partial charge in [0.05, 0.1) is 0 Å². The Kier molecular flexibility index (Phi) is 5.62. The highest BCUT2D eigenvalue weighted by Gasteiger charge is 2.14. The number of benzene rings is 1. The average Bonchev–Trinajstić information content (AvgIpc) is 2.87. The van der Waals surface area contributed by atoms with Crippen molar-refractivity contribution in [3.8, 4) is 0 Å². The second-order valence-corrected chi connectivity index (χ2v) is 5.82. The molecule has 0 aliphatic rings. The zero-order chi connectivity index (χ0) is 13.5. The fourth-order valence-electron chi connectivity index (χ4n) is 2.42. The van der Waals surface area contributed by atoms with E-state index in [0.29, 0.717) is 6.04 Å². The van der Waals surface area contributed by atoms with Gasteiger partial charge < -0.3 is 5.32 Å². The summed E-state index contributed by atoms with van der Waals surface area (Å²) in [5, 5.41) is 7.44. The Morgan fingerprint density at radius 2 is 2.21 bits per heavy atom. The van der Waals surface area contributed by atoms with Crippen molar-refractivity contribution in [2.24, 2.45) is 0 Å². The predicted molar refractivity (Wildman–Crippen MR) is 86.9 cm³/mol. The van der Waals surface area contributed by atoms with Crippen LogP contribution in [0.3, 0.4) is 0 Å². The first-order valence-corrected chi connectivity index (χ1v) is 8.05. The van der Waals surface area contributed by atoms with Gasteiger partial charge in [-0.2, -0.15) is 0 Å². The summed E-state index contributed by atoms with van der Waals surface area (Å²) in [4.78, 5) is 0. The number of rotatable bonds is 8. The van der Waals surface area contributed by atoms with Gasteiger partial charge in [-0.15, -0.1) is 17.9 Å². The summed E-state index contributed by atoms with van der Waals surface area (Å²) in [7, 11) is 0. The molecular weight excluding hydrogens is 250 g/mol. The summed E-state index contributed by atoms with van der Waals surface area (Å²) in [5.74, 6) is 0. The normalized spacial score (nSPS) is 12.7. The predicted octanol–water partition coefficient (Wildman–Crippen LogP) is 5.30. The number of fused-ring (bicyclic) bond motifs is 1. The third-order valence-electron chi connectivity index (χ3n) is 3.43. The van der Waals surface area contributed by atoms with E-state index in [0.717, 1.165) is 13.0 Å². The van der Waals surface area contributed by atoms with Crippen molar-refractivity contribution < 1.29 is 0 Å². The average molecular weight is 273 g/mol. The molecule has 0 radical (unpaired) electrons. The van der Waals surface area contributed by atoms with Crippen LogP contribution < -0.4 is 5.32 Å². The van der Waals surface area contributed by atoms with Gasteiger partial charge in [0.1, 0.15) is 0 Å². The first-order valence-electron chi connectivity index (χ1n) is 7.17. The molecule has 19 heavy (non-hydrogen) atoms. The van der Waals surface area contributed by atoms with Crippen molar-refractivity contribution in [3.05, 3.63) is 47.9 Å². The minimum Gasteiger partial charge on any atom is -0.310 e. The molecule has 1 unspecified atom stereocenters. The van der Waals surface area contributed by atoms with Gasteiger partial charge in [0.15, 0.2) is 0 Å². The van der Waals surface area contributed by atoms with Crippen molar-refractivity contribution in [1.29, 1.82) is 0 Å². The Morgan fingerprint density at radius 1 is 1.37 bits per heavy atom. The molecule has 1 heterocycles. The molecule has 0 saturated carbocycles. The number of unbranched alkanes of at least 4 members (excludes halogenated alkanes) is 1. The van der Waals surface area contributed by atoms with Gasteiger partial charge in [-0.1, -0.05) is 31.2 Å². The zero-order valence-corrected chi connectivity index (χ0v) is 12.5. The fraction of sp³-hybridized carbons (Fsp3) is 0.412. The van der Waals surface area contributed by atoms with Crippen LogP contribution in [0, 0.1) is 0 Å². The van der Waals surface area contributed by atoms with Crippen molar-refractivity contribution >= 4 is 21.4 Å². The van der Waals surface area contributed by atoms with Crippen LogP contribution in [-0.4, -0.2) is 6.54 Å². The van der Waals surface area contributed by atoms with Crippen molar-refractivity contribution in [3.63, 3.8) is 0 Å². The monoisotopic (exact) mass is 273 g/mol. The smallest absolute Gasteiger partial charge is 0.0346 e. The quantitative estimate of drug-likeness (QED) is 0.508. The second-order valence-electron chi connectivity index (χ2n) is 4.91. The van der Waals surface area contributed by atoms with Crippen LogP contribution in [0.15, 0.2) is 42.3 Å². The highest BCUT2D eigenvalue weighted by Crippen LogP contribution is 2.32. The second kappa shape index (κ2) is 7.46. The Hall–Kier alpha value is -1.12. The van der Waals surface area contributed by atoms with Gasteiger partial charge in [0, 0.05) is 10.7 Å². The third-order valence-corrected chi connectivity index (χ3v) is 4.41. The summed E-state index contributed by atoms with van der Waals surface area (Å²) in [5.41, 5.74) is 1.47. The molecule has 0 aliphatic heterocycles. The van der Waals surface area contributed by atoms with E-state index in [1.165, 1.54) is 34.9 Å². The topological polar surface area (TPSA) is 12.0 Å². The van der Waals surface area contributed by atoms with E-state index in [9.17, 15) is 0 Å². The minimum atomic E-state index is 0.482. The van der Waals surface area contributed by atoms with Crippen LogP contribution in [0.4, 0.5) is 0 Å². The Labute approximate surface area is 120 Å².